The molecular formula is C24H24N4O3S. The van der Waals surface area contributed by atoms with Crippen LogP contribution in [0.2, 0.25) is 0 Å². The number of rotatable bonds is 6. The van der Waals surface area contributed by atoms with Gasteiger partial charge < -0.3 is 0 Å². The van der Waals surface area contributed by atoms with Gasteiger partial charge in [-0.1, -0.05) is 23.9 Å². The van der Waals surface area contributed by atoms with Crippen molar-refractivity contribution in [2.24, 2.45) is 0 Å². The van der Waals surface area contributed by atoms with Gasteiger partial charge in [0.25, 0.3) is 5.56 Å². The molecule has 0 radical (unpaired) electrons. The molecule has 3 aliphatic carbocycles. The van der Waals surface area contributed by atoms with Crippen LogP contribution in [0.3, 0.4) is 0 Å². The first-order valence-corrected chi connectivity index (χ1v) is 12.4. The van der Waals surface area contributed by atoms with Gasteiger partial charge in [0.05, 0.1) is 5.75 Å². The van der Waals surface area contributed by atoms with E-state index in [1.54, 1.807) is 4.57 Å². The van der Waals surface area contributed by atoms with E-state index >= 15 is 0 Å². The SMILES string of the molecule is O=C(CSc1nc(C2CC2)nc2c1c(=O)[nH]c(=O)n2C1CC1)c1ccc2c(c1)CCCC2. The number of nitrogens with zero attached hydrogens (tertiary/aromatic N) is 3. The van der Waals surface area contributed by atoms with Crippen molar-refractivity contribution in [3.63, 3.8) is 0 Å². The lowest BCUT2D eigenvalue weighted by atomic mass is 9.90. The van der Waals surface area contributed by atoms with E-state index in [0.717, 1.165) is 38.5 Å². The van der Waals surface area contributed by atoms with E-state index in [-0.39, 0.29) is 23.5 Å². The highest BCUT2D eigenvalue weighted by molar-refractivity contribution is 8.00. The molecule has 3 aromatic rings. The Kier molecular flexibility index (Phi) is 4.78. The van der Waals surface area contributed by atoms with Crippen LogP contribution in [0.1, 0.15) is 77.8 Å². The molecule has 0 amide bonds. The van der Waals surface area contributed by atoms with Crippen molar-refractivity contribution < 1.29 is 4.79 Å². The third kappa shape index (κ3) is 3.60. The zero-order valence-corrected chi connectivity index (χ0v) is 18.5. The first-order valence-electron chi connectivity index (χ1n) is 11.4. The minimum Gasteiger partial charge on any atom is -0.293 e. The van der Waals surface area contributed by atoms with Crippen LogP contribution < -0.4 is 11.2 Å². The maximum absolute atomic E-state index is 13.0. The predicted octanol–water partition coefficient (Wildman–Crippen LogP) is 3.55. The highest BCUT2D eigenvalue weighted by atomic mass is 32.2. The van der Waals surface area contributed by atoms with Crippen LogP contribution in [0.5, 0.6) is 0 Å². The van der Waals surface area contributed by atoms with Crippen LogP contribution in [-0.2, 0) is 12.8 Å². The minimum absolute atomic E-state index is 0.0232. The Morgan fingerprint density at radius 1 is 1.06 bits per heavy atom. The van der Waals surface area contributed by atoms with E-state index < -0.39 is 11.2 Å². The van der Waals surface area contributed by atoms with Gasteiger partial charge >= 0.3 is 5.69 Å². The Morgan fingerprint density at radius 2 is 1.84 bits per heavy atom. The summed E-state index contributed by atoms with van der Waals surface area (Å²) in [5, 5.41) is 0.822. The number of hydrogen-bond donors (Lipinski definition) is 1. The molecule has 3 aliphatic rings. The second-order valence-electron chi connectivity index (χ2n) is 9.12. The van der Waals surface area contributed by atoms with Crippen molar-refractivity contribution in [3.8, 4) is 0 Å². The molecule has 2 fully saturated rings. The second-order valence-corrected chi connectivity index (χ2v) is 10.1. The molecule has 0 unspecified atom stereocenters. The Hall–Kier alpha value is -2.74. The fourth-order valence-electron chi connectivity index (χ4n) is 4.56. The number of fused-ring (bicyclic) bond motifs is 2. The van der Waals surface area contributed by atoms with Crippen LogP contribution in [0.15, 0.2) is 32.8 Å². The molecule has 0 atom stereocenters. The molecule has 0 aliphatic heterocycles. The molecule has 164 valence electrons. The summed E-state index contributed by atoms with van der Waals surface area (Å²) in [6.45, 7) is 0. The smallest absolute Gasteiger partial charge is 0.293 e. The van der Waals surface area contributed by atoms with E-state index in [1.165, 1.54) is 35.7 Å². The van der Waals surface area contributed by atoms with Gasteiger partial charge in [-0.2, -0.15) is 0 Å². The third-order valence-electron chi connectivity index (χ3n) is 6.63. The molecule has 6 rings (SSSR count). The number of aryl methyl sites for hydroxylation is 2. The molecule has 8 heteroatoms. The summed E-state index contributed by atoms with van der Waals surface area (Å²) in [4.78, 5) is 50.0. The number of Topliss-reactive ketones (excluding diaryl/α,β-unsaturated/α-hetero) is 1. The van der Waals surface area contributed by atoms with Crippen LogP contribution >= 0.6 is 11.8 Å². The zero-order chi connectivity index (χ0) is 21.8. The van der Waals surface area contributed by atoms with Gasteiger partial charge in [-0.05, 0) is 68.6 Å². The van der Waals surface area contributed by atoms with Crippen LogP contribution in [-0.4, -0.2) is 31.1 Å². The van der Waals surface area contributed by atoms with Crippen molar-refractivity contribution in [1.82, 2.24) is 19.5 Å². The first kappa shape index (κ1) is 19.9. The molecule has 2 heterocycles. The summed E-state index contributed by atoms with van der Waals surface area (Å²) in [6.07, 6.45) is 8.33. The predicted molar refractivity (Wildman–Crippen MR) is 123 cm³/mol. The van der Waals surface area contributed by atoms with E-state index in [1.807, 2.05) is 12.1 Å². The zero-order valence-electron chi connectivity index (χ0n) is 17.7. The molecule has 2 aromatic heterocycles. The molecule has 1 aromatic carbocycles. The van der Waals surface area contributed by atoms with E-state index in [9.17, 15) is 14.4 Å². The lowest BCUT2D eigenvalue weighted by molar-refractivity contribution is 0.102. The lowest BCUT2D eigenvalue weighted by Crippen LogP contribution is -2.31. The van der Waals surface area contributed by atoms with Crippen molar-refractivity contribution in [2.75, 3.05) is 5.75 Å². The average Bonchev–Trinajstić information content (AvgIpc) is 3.69. The van der Waals surface area contributed by atoms with Crippen molar-refractivity contribution >= 4 is 28.6 Å². The maximum Gasteiger partial charge on any atom is 0.330 e. The van der Waals surface area contributed by atoms with Gasteiger partial charge in [-0.3, -0.25) is 19.1 Å². The fraction of sp³-hybridized carbons (Fsp3) is 0.458. The van der Waals surface area contributed by atoms with E-state index in [2.05, 4.69) is 21.0 Å². The number of H-pyrrole nitrogens is 1. The Labute approximate surface area is 188 Å². The highest BCUT2D eigenvalue weighted by Gasteiger charge is 2.32. The fourth-order valence-corrected chi connectivity index (χ4v) is 5.48. The average molecular weight is 449 g/mol. The molecule has 0 saturated heterocycles. The lowest BCUT2D eigenvalue weighted by Gasteiger charge is -2.16. The Bertz CT molecular complexity index is 1370. The van der Waals surface area contributed by atoms with Gasteiger partial charge in [0.2, 0.25) is 0 Å². The number of thioether (sulfide) groups is 1. The molecule has 0 bridgehead atoms. The summed E-state index contributed by atoms with van der Waals surface area (Å²) in [6, 6.07) is 6.11. The molecule has 2 saturated carbocycles. The van der Waals surface area contributed by atoms with E-state index in [4.69, 9.17) is 0 Å². The number of carbonyl (C=O) groups excluding carboxylic acids is 1. The first-order chi connectivity index (χ1) is 15.6. The van der Waals surface area contributed by atoms with Gasteiger partial charge in [-0.15, -0.1) is 0 Å². The van der Waals surface area contributed by atoms with Crippen molar-refractivity contribution in [1.29, 1.82) is 0 Å². The number of hydrogen-bond acceptors (Lipinski definition) is 6. The Balaban J connectivity index is 1.36. The molecule has 32 heavy (non-hydrogen) atoms. The molecule has 1 N–H and O–H groups in total. The molecular weight excluding hydrogens is 424 g/mol. The van der Waals surface area contributed by atoms with Crippen LogP contribution in [0.25, 0.3) is 11.0 Å². The monoisotopic (exact) mass is 448 g/mol. The number of ketones is 1. The second kappa shape index (κ2) is 7.69. The summed E-state index contributed by atoms with van der Waals surface area (Å²) < 4.78 is 1.61. The normalized spacial score (nSPS) is 18.0. The quantitative estimate of drug-likeness (QED) is 0.352. The molecule has 7 nitrogen and oxygen atoms in total. The minimum atomic E-state index is -0.479. The summed E-state index contributed by atoms with van der Waals surface area (Å²) in [5.74, 6) is 1.17. The summed E-state index contributed by atoms with van der Waals surface area (Å²) in [7, 11) is 0. The summed E-state index contributed by atoms with van der Waals surface area (Å²) in [5.41, 5.74) is 2.87. The molecule has 0 spiro atoms. The summed E-state index contributed by atoms with van der Waals surface area (Å²) >= 11 is 1.27. The van der Waals surface area contributed by atoms with Gasteiger partial charge in [-0.25, -0.2) is 14.8 Å². The van der Waals surface area contributed by atoms with Crippen LogP contribution in [0, 0.1) is 0 Å². The van der Waals surface area contributed by atoms with Crippen molar-refractivity contribution in [3.05, 3.63) is 61.6 Å². The Morgan fingerprint density at radius 3 is 2.59 bits per heavy atom. The standard InChI is InChI=1S/C24H24N4O3S/c29-18(16-8-5-13-3-1-2-4-15(13)11-16)12-32-23-19-21(25-20(26-23)14-6-7-14)28(17-9-10-17)24(31)27-22(19)30/h5,8,11,14,17H,1-4,6-7,9-10,12H2,(H,27,30,31). The number of carbonyl (C=O) groups is 1. The number of benzene rings is 1. The number of aromatic nitrogens is 4. The van der Waals surface area contributed by atoms with Gasteiger partial charge in [0.15, 0.2) is 11.4 Å². The topological polar surface area (TPSA) is 97.7 Å². The number of nitrogens with one attached hydrogen (secondary N) is 1. The van der Waals surface area contributed by atoms with E-state index in [0.29, 0.717) is 27.4 Å². The largest absolute Gasteiger partial charge is 0.330 e. The van der Waals surface area contributed by atoms with Gasteiger partial charge in [0, 0.05) is 17.5 Å². The van der Waals surface area contributed by atoms with Gasteiger partial charge in [0.1, 0.15) is 16.2 Å². The van der Waals surface area contributed by atoms with Crippen molar-refractivity contribution in [2.45, 2.75) is 68.4 Å². The number of aromatic amines is 1. The van der Waals surface area contributed by atoms with Crippen LogP contribution in [0.4, 0.5) is 0 Å². The third-order valence-corrected chi connectivity index (χ3v) is 7.61. The maximum atomic E-state index is 13.0. The highest BCUT2D eigenvalue weighted by Crippen LogP contribution is 2.41.